The van der Waals surface area contributed by atoms with E-state index in [-0.39, 0.29) is 10.9 Å². The molecule has 1 N–H and O–H groups in total. The molecule has 0 aliphatic heterocycles. The summed E-state index contributed by atoms with van der Waals surface area (Å²) in [5.74, 6) is 0.893. The highest BCUT2D eigenvalue weighted by Gasteiger charge is 2.31. The van der Waals surface area contributed by atoms with E-state index in [1.807, 2.05) is 0 Å². The summed E-state index contributed by atoms with van der Waals surface area (Å²) >= 11 is 1.04. The summed E-state index contributed by atoms with van der Waals surface area (Å²) in [5, 5.41) is 0. The van der Waals surface area contributed by atoms with E-state index in [1.54, 1.807) is 18.2 Å². The van der Waals surface area contributed by atoms with E-state index in [1.165, 1.54) is 6.42 Å². The van der Waals surface area contributed by atoms with Gasteiger partial charge in [0.2, 0.25) is 10.0 Å². The zero-order valence-corrected chi connectivity index (χ0v) is 13.7. The van der Waals surface area contributed by atoms with Crippen molar-refractivity contribution in [2.45, 2.75) is 44.0 Å². The van der Waals surface area contributed by atoms with Gasteiger partial charge in [-0.3, -0.25) is 0 Å². The highest BCUT2D eigenvalue weighted by molar-refractivity contribution is 7.89. The van der Waals surface area contributed by atoms with Gasteiger partial charge in [-0.25, -0.2) is 13.1 Å². The highest BCUT2D eigenvalue weighted by Crippen LogP contribution is 2.31. The average molecular weight is 325 g/mol. The first-order valence-electron chi connectivity index (χ1n) is 7.22. The fraction of sp³-hybridized carbons (Fsp3) is 0.571. The number of sulfonamides is 1. The second-order valence-electron chi connectivity index (χ2n) is 5.88. The first-order valence-corrected chi connectivity index (χ1v) is 9.44. The van der Waals surface area contributed by atoms with E-state index in [0.717, 1.165) is 24.6 Å². The number of nitrogens with one attached hydrogen (secondary N) is 1. The van der Waals surface area contributed by atoms with Gasteiger partial charge in [-0.1, -0.05) is 32.8 Å². The molecule has 1 fully saturated rings. The molecule has 1 heterocycles. The first kappa shape index (κ1) is 14.9. The molecule has 0 spiro atoms. The Balaban J connectivity index is 1.92. The predicted molar refractivity (Wildman–Crippen MR) is 83.7 cm³/mol. The highest BCUT2D eigenvalue weighted by atomic mass is 32.2. The van der Waals surface area contributed by atoms with Gasteiger partial charge < -0.3 is 0 Å². The lowest BCUT2D eigenvalue weighted by molar-refractivity contribution is 0.227. The van der Waals surface area contributed by atoms with Gasteiger partial charge in [-0.15, -0.1) is 0 Å². The molecule has 5 nitrogen and oxygen atoms in total. The summed E-state index contributed by atoms with van der Waals surface area (Å²) < 4.78 is 36.5. The maximum absolute atomic E-state index is 12.7. The molecular weight excluding hydrogens is 306 g/mol. The van der Waals surface area contributed by atoms with E-state index < -0.39 is 10.0 Å². The summed E-state index contributed by atoms with van der Waals surface area (Å²) in [7, 11) is -3.56. The molecule has 2 aromatic rings. The third-order valence-corrected chi connectivity index (χ3v) is 6.62. The number of benzene rings is 1. The van der Waals surface area contributed by atoms with Crippen LogP contribution in [0.5, 0.6) is 0 Å². The lowest BCUT2D eigenvalue weighted by atomic mass is 9.78. The Hall–Kier alpha value is -1.05. The number of hydrogen-bond acceptors (Lipinski definition) is 5. The van der Waals surface area contributed by atoms with Crippen molar-refractivity contribution in [1.82, 2.24) is 13.5 Å². The van der Waals surface area contributed by atoms with Gasteiger partial charge in [0.05, 0.1) is 11.7 Å². The van der Waals surface area contributed by atoms with Gasteiger partial charge in [0, 0.05) is 6.04 Å². The standard InChI is InChI=1S/C14H19N3O2S2/c1-9-5-3-6-11(10(9)2)17-21(18,19)13-8-4-7-12-14(13)16-20-15-12/h4,7-11,17H,3,5-6H2,1-2H3/t9-,10+,11+/m1/s1. The van der Waals surface area contributed by atoms with Crippen LogP contribution in [0.4, 0.5) is 0 Å². The molecule has 1 saturated carbocycles. The third-order valence-electron chi connectivity index (χ3n) is 4.55. The molecule has 21 heavy (non-hydrogen) atoms. The first-order chi connectivity index (χ1) is 9.99. The van der Waals surface area contributed by atoms with Crippen molar-refractivity contribution < 1.29 is 8.42 Å². The van der Waals surface area contributed by atoms with Crippen LogP contribution in [0.15, 0.2) is 23.1 Å². The molecule has 3 atom stereocenters. The molecular formula is C14H19N3O2S2. The van der Waals surface area contributed by atoms with E-state index in [9.17, 15) is 8.42 Å². The summed E-state index contributed by atoms with van der Waals surface area (Å²) in [6.45, 7) is 4.32. The molecule has 1 aliphatic carbocycles. The molecule has 1 aromatic heterocycles. The topological polar surface area (TPSA) is 72.0 Å². The molecule has 0 radical (unpaired) electrons. The predicted octanol–water partition coefficient (Wildman–Crippen LogP) is 2.79. The Kier molecular flexibility index (Phi) is 3.98. The van der Waals surface area contributed by atoms with Crippen molar-refractivity contribution in [2.24, 2.45) is 11.8 Å². The fourth-order valence-corrected chi connectivity index (χ4v) is 5.14. The molecule has 1 aliphatic rings. The number of rotatable bonds is 3. The van der Waals surface area contributed by atoms with E-state index >= 15 is 0 Å². The molecule has 3 rings (SSSR count). The molecule has 1 aromatic carbocycles. The van der Waals surface area contributed by atoms with Crippen LogP contribution in [0.3, 0.4) is 0 Å². The largest absolute Gasteiger partial charge is 0.243 e. The quantitative estimate of drug-likeness (QED) is 0.942. The van der Waals surface area contributed by atoms with Crippen LogP contribution in [0.2, 0.25) is 0 Å². The van der Waals surface area contributed by atoms with Crippen molar-refractivity contribution in [3.8, 4) is 0 Å². The van der Waals surface area contributed by atoms with Crippen molar-refractivity contribution in [3.05, 3.63) is 18.2 Å². The van der Waals surface area contributed by atoms with Crippen molar-refractivity contribution >= 4 is 32.8 Å². The molecule has 0 saturated heterocycles. The van der Waals surface area contributed by atoms with Crippen LogP contribution in [0, 0.1) is 11.8 Å². The smallest absolute Gasteiger partial charge is 0.208 e. The van der Waals surface area contributed by atoms with Crippen LogP contribution in [-0.4, -0.2) is 23.2 Å². The van der Waals surface area contributed by atoms with Crippen LogP contribution in [0.1, 0.15) is 33.1 Å². The maximum atomic E-state index is 12.7. The maximum Gasteiger partial charge on any atom is 0.243 e. The van der Waals surface area contributed by atoms with Crippen LogP contribution >= 0.6 is 11.7 Å². The molecule has 7 heteroatoms. The monoisotopic (exact) mass is 325 g/mol. The second-order valence-corrected chi connectivity index (χ2v) is 8.09. The van der Waals surface area contributed by atoms with Crippen LogP contribution in [-0.2, 0) is 10.0 Å². The van der Waals surface area contributed by atoms with Crippen molar-refractivity contribution in [2.75, 3.05) is 0 Å². The molecule has 0 amide bonds. The van der Waals surface area contributed by atoms with Gasteiger partial charge in [-0.05, 0) is 30.4 Å². The SMILES string of the molecule is C[C@H]1[C@H](C)CCC[C@@H]1NS(=O)(=O)c1cccc2nsnc12. The van der Waals surface area contributed by atoms with E-state index in [4.69, 9.17) is 0 Å². The van der Waals surface area contributed by atoms with Gasteiger partial charge in [0.25, 0.3) is 0 Å². The van der Waals surface area contributed by atoms with Gasteiger partial charge >= 0.3 is 0 Å². The van der Waals surface area contributed by atoms with Gasteiger partial charge in [0.15, 0.2) is 0 Å². The molecule has 0 unspecified atom stereocenters. The van der Waals surface area contributed by atoms with E-state index in [2.05, 4.69) is 27.3 Å². The Bertz CT molecular complexity index is 742. The molecule has 0 bridgehead atoms. The molecule has 114 valence electrons. The summed E-state index contributed by atoms with van der Waals surface area (Å²) in [4.78, 5) is 0.235. The average Bonchev–Trinajstić information content (AvgIpc) is 2.91. The number of aromatic nitrogens is 2. The Morgan fingerprint density at radius 1 is 1.24 bits per heavy atom. The minimum atomic E-state index is -3.56. The Morgan fingerprint density at radius 3 is 2.86 bits per heavy atom. The summed E-state index contributed by atoms with van der Waals surface area (Å²) in [5.41, 5.74) is 1.10. The zero-order valence-electron chi connectivity index (χ0n) is 12.1. The summed E-state index contributed by atoms with van der Waals surface area (Å²) in [6, 6.07) is 5.10. The van der Waals surface area contributed by atoms with E-state index in [0.29, 0.717) is 22.9 Å². The number of nitrogens with zero attached hydrogens (tertiary/aromatic N) is 2. The van der Waals surface area contributed by atoms with Crippen LogP contribution in [0.25, 0.3) is 11.0 Å². The minimum absolute atomic E-state index is 0.000557. The normalized spacial score (nSPS) is 27.0. The Morgan fingerprint density at radius 2 is 2.05 bits per heavy atom. The number of hydrogen-bond donors (Lipinski definition) is 1. The third kappa shape index (κ3) is 2.82. The fourth-order valence-electron chi connectivity index (χ4n) is 3.01. The summed E-state index contributed by atoms with van der Waals surface area (Å²) in [6.07, 6.45) is 3.14. The lowest BCUT2D eigenvalue weighted by Crippen LogP contribution is -2.43. The second kappa shape index (κ2) is 5.62. The zero-order chi connectivity index (χ0) is 15.0. The number of fused-ring (bicyclic) bond motifs is 1. The minimum Gasteiger partial charge on any atom is -0.208 e. The lowest BCUT2D eigenvalue weighted by Gasteiger charge is -2.34. The van der Waals surface area contributed by atoms with Crippen LogP contribution < -0.4 is 4.72 Å². The van der Waals surface area contributed by atoms with Gasteiger partial charge in [0.1, 0.15) is 15.9 Å². The van der Waals surface area contributed by atoms with Gasteiger partial charge in [-0.2, -0.15) is 8.75 Å². The Labute approximate surface area is 129 Å². The van der Waals surface area contributed by atoms with Crippen molar-refractivity contribution in [1.29, 1.82) is 0 Å². The van der Waals surface area contributed by atoms with Crippen molar-refractivity contribution in [3.63, 3.8) is 0 Å².